The van der Waals surface area contributed by atoms with Crippen LogP contribution in [0.1, 0.15) is 33.7 Å². The van der Waals surface area contributed by atoms with Crippen LogP contribution in [0.3, 0.4) is 0 Å². The van der Waals surface area contributed by atoms with E-state index in [1.165, 1.54) is 0 Å². The van der Waals surface area contributed by atoms with Crippen molar-refractivity contribution in [2.24, 2.45) is 0 Å². The second kappa shape index (κ2) is 6.95. The summed E-state index contributed by atoms with van der Waals surface area (Å²) in [5, 5.41) is 10.8. The van der Waals surface area contributed by atoms with E-state index < -0.39 is 6.04 Å². The highest BCUT2D eigenvalue weighted by molar-refractivity contribution is 5.94. The molecule has 0 bridgehead atoms. The Hall–Kier alpha value is -3.15. The van der Waals surface area contributed by atoms with E-state index in [1.54, 1.807) is 38.3 Å². The average Bonchev–Trinajstić information content (AvgIpc) is 3.06. The van der Waals surface area contributed by atoms with E-state index in [-0.39, 0.29) is 5.91 Å². The summed E-state index contributed by atoms with van der Waals surface area (Å²) in [6, 6.07) is 15.9. The highest BCUT2D eigenvalue weighted by atomic mass is 16.5. The Morgan fingerprint density at radius 3 is 2.38 bits per heavy atom. The standard InChI is InChI=1S/C18H17N3O3/c1-12-20-21-18(24-12)16(13-6-4-3-5-7-13)19-17(22)14-8-10-15(23-2)11-9-14/h3-11,16H,1-2H3,(H,19,22). The molecule has 0 fully saturated rings. The molecule has 0 aliphatic heterocycles. The molecule has 0 radical (unpaired) electrons. The summed E-state index contributed by atoms with van der Waals surface area (Å²) < 4.78 is 10.6. The van der Waals surface area contributed by atoms with E-state index in [9.17, 15) is 4.79 Å². The lowest BCUT2D eigenvalue weighted by molar-refractivity contribution is 0.0937. The van der Waals surface area contributed by atoms with Gasteiger partial charge in [-0.2, -0.15) is 0 Å². The van der Waals surface area contributed by atoms with Crippen molar-refractivity contribution in [1.82, 2.24) is 15.5 Å². The molecule has 0 aliphatic rings. The van der Waals surface area contributed by atoms with Crippen LogP contribution in [0.5, 0.6) is 5.75 Å². The minimum Gasteiger partial charge on any atom is -0.497 e. The van der Waals surface area contributed by atoms with Crippen LogP contribution in [0.4, 0.5) is 0 Å². The van der Waals surface area contributed by atoms with E-state index in [1.807, 2.05) is 30.3 Å². The van der Waals surface area contributed by atoms with Gasteiger partial charge in [0.2, 0.25) is 11.8 Å². The van der Waals surface area contributed by atoms with Crippen LogP contribution in [0.25, 0.3) is 0 Å². The fraction of sp³-hybridized carbons (Fsp3) is 0.167. The van der Waals surface area contributed by atoms with Crippen molar-refractivity contribution in [3.05, 3.63) is 77.5 Å². The summed E-state index contributed by atoms with van der Waals surface area (Å²) in [7, 11) is 1.58. The predicted molar refractivity (Wildman–Crippen MR) is 87.8 cm³/mol. The van der Waals surface area contributed by atoms with Gasteiger partial charge >= 0.3 is 0 Å². The summed E-state index contributed by atoms with van der Waals surface area (Å²) in [5.41, 5.74) is 1.39. The Bertz CT molecular complexity index is 813. The Morgan fingerprint density at radius 1 is 1.08 bits per heavy atom. The number of carbonyl (C=O) groups is 1. The van der Waals surface area contributed by atoms with E-state index in [0.29, 0.717) is 23.1 Å². The maximum Gasteiger partial charge on any atom is 0.252 e. The van der Waals surface area contributed by atoms with Gasteiger partial charge in [-0.05, 0) is 29.8 Å². The maximum absolute atomic E-state index is 12.6. The van der Waals surface area contributed by atoms with Gasteiger partial charge in [-0.15, -0.1) is 10.2 Å². The summed E-state index contributed by atoms with van der Waals surface area (Å²) in [6.45, 7) is 1.71. The van der Waals surface area contributed by atoms with E-state index >= 15 is 0 Å². The molecule has 2 aromatic carbocycles. The van der Waals surface area contributed by atoms with Crippen molar-refractivity contribution in [2.45, 2.75) is 13.0 Å². The molecule has 3 rings (SSSR count). The molecule has 0 saturated carbocycles. The van der Waals surface area contributed by atoms with E-state index in [4.69, 9.17) is 9.15 Å². The molecule has 6 heteroatoms. The second-order valence-electron chi connectivity index (χ2n) is 5.20. The molecule has 1 aromatic heterocycles. The van der Waals surface area contributed by atoms with Crippen molar-refractivity contribution in [3.8, 4) is 5.75 Å². The van der Waals surface area contributed by atoms with Crippen LogP contribution in [0, 0.1) is 6.92 Å². The van der Waals surface area contributed by atoms with Gasteiger partial charge in [0.05, 0.1) is 7.11 Å². The van der Waals surface area contributed by atoms with Gasteiger partial charge in [0.15, 0.2) is 0 Å². The lowest BCUT2D eigenvalue weighted by Crippen LogP contribution is -2.29. The zero-order chi connectivity index (χ0) is 16.9. The molecule has 24 heavy (non-hydrogen) atoms. The average molecular weight is 323 g/mol. The molecule has 0 saturated heterocycles. The molecule has 3 aromatic rings. The maximum atomic E-state index is 12.6. The molecule has 1 heterocycles. The molecular formula is C18H17N3O3. The number of amides is 1. The number of carbonyl (C=O) groups excluding carboxylic acids is 1. The van der Waals surface area contributed by atoms with Gasteiger partial charge in [-0.3, -0.25) is 4.79 Å². The minimum absolute atomic E-state index is 0.234. The highest BCUT2D eigenvalue weighted by Gasteiger charge is 2.22. The molecular weight excluding hydrogens is 306 g/mol. The van der Waals surface area contributed by atoms with Gasteiger partial charge in [0.1, 0.15) is 11.8 Å². The number of nitrogens with zero attached hydrogens (tertiary/aromatic N) is 2. The van der Waals surface area contributed by atoms with Crippen LogP contribution >= 0.6 is 0 Å². The van der Waals surface area contributed by atoms with Crippen molar-refractivity contribution in [3.63, 3.8) is 0 Å². The molecule has 0 spiro atoms. The van der Waals surface area contributed by atoms with Gasteiger partial charge < -0.3 is 14.5 Å². The van der Waals surface area contributed by atoms with Gasteiger partial charge in [-0.25, -0.2) is 0 Å². The van der Waals surface area contributed by atoms with E-state index in [2.05, 4.69) is 15.5 Å². The third-order valence-corrected chi connectivity index (χ3v) is 3.55. The summed E-state index contributed by atoms with van der Waals surface area (Å²) in [5.74, 6) is 1.26. The molecule has 1 amide bonds. The Balaban J connectivity index is 1.87. The molecule has 0 aliphatic carbocycles. The number of hydrogen-bond donors (Lipinski definition) is 1. The van der Waals surface area contributed by atoms with Crippen molar-refractivity contribution < 1.29 is 13.9 Å². The third kappa shape index (κ3) is 3.43. The Morgan fingerprint density at radius 2 is 1.79 bits per heavy atom. The lowest BCUT2D eigenvalue weighted by atomic mass is 10.1. The van der Waals surface area contributed by atoms with Crippen molar-refractivity contribution >= 4 is 5.91 Å². The van der Waals surface area contributed by atoms with Crippen LogP contribution in [-0.2, 0) is 0 Å². The van der Waals surface area contributed by atoms with Gasteiger partial charge in [0, 0.05) is 12.5 Å². The SMILES string of the molecule is COc1ccc(C(=O)NC(c2ccccc2)c2nnc(C)o2)cc1. The number of aryl methyl sites for hydroxylation is 1. The molecule has 1 unspecified atom stereocenters. The Labute approximate surface area is 139 Å². The van der Waals surface area contributed by atoms with Crippen LogP contribution in [0.2, 0.25) is 0 Å². The number of rotatable bonds is 5. The smallest absolute Gasteiger partial charge is 0.252 e. The zero-order valence-electron chi connectivity index (χ0n) is 13.4. The number of methoxy groups -OCH3 is 1. The first-order chi connectivity index (χ1) is 11.7. The number of hydrogen-bond acceptors (Lipinski definition) is 5. The van der Waals surface area contributed by atoms with Crippen LogP contribution < -0.4 is 10.1 Å². The van der Waals surface area contributed by atoms with Crippen LogP contribution in [-0.4, -0.2) is 23.2 Å². The quantitative estimate of drug-likeness (QED) is 0.781. The summed E-state index contributed by atoms with van der Waals surface area (Å²) in [6.07, 6.45) is 0. The molecule has 122 valence electrons. The van der Waals surface area contributed by atoms with Crippen LogP contribution in [0.15, 0.2) is 59.0 Å². The van der Waals surface area contributed by atoms with Crippen molar-refractivity contribution in [2.75, 3.05) is 7.11 Å². The van der Waals surface area contributed by atoms with Crippen molar-refractivity contribution in [1.29, 1.82) is 0 Å². The van der Waals surface area contributed by atoms with E-state index in [0.717, 1.165) is 5.56 Å². The summed E-state index contributed by atoms with van der Waals surface area (Å²) >= 11 is 0. The monoisotopic (exact) mass is 323 g/mol. The first kappa shape index (κ1) is 15.7. The lowest BCUT2D eigenvalue weighted by Gasteiger charge is -2.16. The highest BCUT2D eigenvalue weighted by Crippen LogP contribution is 2.22. The molecule has 1 N–H and O–H groups in total. The number of ether oxygens (including phenoxy) is 1. The first-order valence-corrected chi connectivity index (χ1v) is 7.47. The Kier molecular flexibility index (Phi) is 4.56. The number of benzene rings is 2. The summed E-state index contributed by atoms with van der Waals surface area (Å²) in [4.78, 5) is 12.6. The molecule has 6 nitrogen and oxygen atoms in total. The van der Waals surface area contributed by atoms with Gasteiger partial charge in [0.25, 0.3) is 5.91 Å². The topological polar surface area (TPSA) is 77.2 Å². The third-order valence-electron chi connectivity index (χ3n) is 3.55. The number of nitrogens with one attached hydrogen (secondary N) is 1. The predicted octanol–water partition coefficient (Wildman–Crippen LogP) is 2.91. The first-order valence-electron chi connectivity index (χ1n) is 7.47. The minimum atomic E-state index is -0.512. The van der Waals surface area contributed by atoms with Gasteiger partial charge in [-0.1, -0.05) is 30.3 Å². The normalized spacial score (nSPS) is 11.8. The largest absolute Gasteiger partial charge is 0.497 e. The fourth-order valence-corrected chi connectivity index (χ4v) is 2.32. The zero-order valence-corrected chi connectivity index (χ0v) is 13.4. The fourth-order valence-electron chi connectivity index (χ4n) is 2.32. The second-order valence-corrected chi connectivity index (χ2v) is 5.20. The molecule has 1 atom stereocenters. The number of aromatic nitrogens is 2.